The quantitative estimate of drug-likeness (QED) is 0.627. The molecule has 0 bridgehead atoms. The maximum atomic E-state index is 13.3. The van der Waals surface area contributed by atoms with E-state index in [1.807, 2.05) is 36.9 Å². The number of benzene rings is 1. The van der Waals surface area contributed by atoms with Crippen molar-refractivity contribution in [3.8, 4) is 0 Å². The highest BCUT2D eigenvalue weighted by Crippen LogP contribution is 2.29. The molecule has 3 aliphatic rings. The highest BCUT2D eigenvalue weighted by Gasteiger charge is 2.39. The van der Waals surface area contributed by atoms with E-state index in [1.165, 1.54) is 0 Å². The summed E-state index contributed by atoms with van der Waals surface area (Å²) in [4.78, 5) is 32.1. The number of piperazine rings is 1. The first-order valence-electron chi connectivity index (χ1n) is 12.5. The van der Waals surface area contributed by atoms with Crippen LogP contribution in [0.25, 0.3) is 0 Å². The molecule has 2 heterocycles. The maximum absolute atomic E-state index is 13.3. The summed E-state index contributed by atoms with van der Waals surface area (Å²) in [6, 6.07) is 5.99. The van der Waals surface area contributed by atoms with E-state index in [4.69, 9.17) is 0 Å². The van der Waals surface area contributed by atoms with E-state index >= 15 is 0 Å². The zero-order chi connectivity index (χ0) is 24.3. The number of sulfone groups is 1. The molecule has 1 N–H and O–H groups in total. The fourth-order valence-electron chi connectivity index (χ4n) is 5.65. The molecule has 8 nitrogen and oxygen atoms in total. The molecule has 0 spiro atoms. The Hall–Kier alpha value is -1.97. The summed E-state index contributed by atoms with van der Waals surface area (Å²) in [5, 5.41) is 3.05. The van der Waals surface area contributed by atoms with Crippen LogP contribution in [-0.4, -0.2) is 97.8 Å². The van der Waals surface area contributed by atoms with Crippen LogP contribution in [-0.2, 0) is 19.4 Å². The van der Waals surface area contributed by atoms with Gasteiger partial charge in [0.1, 0.15) is 0 Å². The van der Waals surface area contributed by atoms with Crippen molar-refractivity contribution in [3.63, 3.8) is 0 Å². The van der Waals surface area contributed by atoms with Crippen LogP contribution in [0.2, 0.25) is 0 Å². The van der Waals surface area contributed by atoms with Crippen molar-refractivity contribution < 1.29 is 18.0 Å². The van der Waals surface area contributed by atoms with E-state index in [0.717, 1.165) is 68.7 Å². The molecule has 9 heteroatoms. The van der Waals surface area contributed by atoms with Crippen LogP contribution in [0.15, 0.2) is 18.2 Å². The summed E-state index contributed by atoms with van der Waals surface area (Å²) in [5.74, 6) is 0.349. The molecule has 0 unspecified atom stereocenters. The Labute approximate surface area is 203 Å². The van der Waals surface area contributed by atoms with Gasteiger partial charge in [0.15, 0.2) is 9.84 Å². The smallest absolute Gasteiger partial charge is 0.238 e. The first kappa shape index (κ1) is 25.1. The predicted molar refractivity (Wildman–Crippen MR) is 134 cm³/mol. The molecule has 1 atom stereocenters. The average Bonchev–Trinajstić information content (AvgIpc) is 3.42. The van der Waals surface area contributed by atoms with Crippen molar-refractivity contribution in [2.75, 3.05) is 56.1 Å². The summed E-state index contributed by atoms with van der Waals surface area (Å²) < 4.78 is 24.1. The summed E-state index contributed by atoms with van der Waals surface area (Å²) in [6.45, 7) is 7.57. The van der Waals surface area contributed by atoms with Gasteiger partial charge in [-0.3, -0.25) is 19.4 Å². The molecule has 0 aromatic heterocycles. The topological polar surface area (TPSA) is 90.0 Å². The number of amides is 2. The molecular weight excluding hydrogens is 452 g/mol. The van der Waals surface area contributed by atoms with E-state index in [2.05, 4.69) is 15.1 Å². The third-order valence-electron chi connectivity index (χ3n) is 7.54. The second-order valence-electron chi connectivity index (χ2n) is 10.2. The molecule has 0 radical (unpaired) electrons. The van der Waals surface area contributed by atoms with Crippen LogP contribution in [0.3, 0.4) is 0 Å². The van der Waals surface area contributed by atoms with Crippen molar-refractivity contribution in [3.05, 3.63) is 29.3 Å². The largest absolute Gasteiger partial charge is 0.335 e. The Bertz CT molecular complexity index is 978. The molecule has 1 aliphatic carbocycles. The Morgan fingerprint density at radius 2 is 1.53 bits per heavy atom. The molecule has 188 valence electrons. The van der Waals surface area contributed by atoms with E-state index in [9.17, 15) is 18.0 Å². The lowest BCUT2D eigenvalue weighted by atomic mass is 10.1. The van der Waals surface area contributed by atoms with Gasteiger partial charge in [0, 0.05) is 44.0 Å². The van der Waals surface area contributed by atoms with Gasteiger partial charge in [-0.25, -0.2) is 8.42 Å². The Balaban J connectivity index is 1.28. The van der Waals surface area contributed by atoms with Crippen LogP contribution in [0.5, 0.6) is 0 Å². The van der Waals surface area contributed by atoms with Crippen molar-refractivity contribution in [2.24, 2.45) is 0 Å². The summed E-state index contributed by atoms with van der Waals surface area (Å²) in [5.41, 5.74) is 3.00. The minimum Gasteiger partial charge on any atom is -0.335 e. The second-order valence-corrected chi connectivity index (χ2v) is 12.4. The van der Waals surface area contributed by atoms with Crippen LogP contribution in [0.4, 0.5) is 5.69 Å². The minimum atomic E-state index is -3.04. The highest BCUT2D eigenvalue weighted by atomic mass is 32.2. The maximum Gasteiger partial charge on any atom is 0.238 e. The lowest BCUT2D eigenvalue weighted by Gasteiger charge is -2.38. The van der Waals surface area contributed by atoms with Crippen molar-refractivity contribution in [2.45, 2.75) is 58.0 Å². The molecule has 2 amide bonds. The first-order valence-corrected chi connectivity index (χ1v) is 14.4. The van der Waals surface area contributed by atoms with Gasteiger partial charge in [-0.05, 0) is 44.2 Å². The fourth-order valence-corrected chi connectivity index (χ4v) is 7.37. The molecule has 3 fully saturated rings. The Morgan fingerprint density at radius 1 is 0.941 bits per heavy atom. The van der Waals surface area contributed by atoms with Gasteiger partial charge < -0.3 is 10.2 Å². The van der Waals surface area contributed by atoms with Gasteiger partial charge in [0.2, 0.25) is 11.8 Å². The lowest BCUT2D eigenvalue weighted by Crippen LogP contribution is -2.54. The number of anilines is 1. The van der Waals surface area contributed by atoms with Crippen molar-refractivity contribution >= 4 is 27.3 Å². The molecular formula is C25H38N4O4S. The van der Waals surface area contributed by atoms with Gasteiger partial charge >= 0.3 is 0 Å². The van der Waals surface area contributed by atoms with Gasteiger partial charge in [-0.2, -0.15) is 0 Å². The highest BCUT2D eigenvalue weighted by molar-refractivity contribution is 7.91. The van der Waals surface area contributed by atoms with Crippen LogP contribution in [0.1, 0.15) is 43.2 Å². The second kappa shape index (κ2) is 10.7. The number of rotatable bonds is 7. The number of carbonyl (C=O) groups is 2. The number of carbonyl (C=O) groups excluding carboxylic acids is 2. The van der Waals surface area contributed by atoms with Crippen LogP contribution >= 0.6 is 0 Å². The van der Waals surface area contributed by atoms with Crippen LogP contribution < -0.4 is 5.32 Å². The number of aryl methyl sites for hydroxylation is 2. The summed E-state index contributed by atoms with van der Waals surface area (Å²) in [7, 11) is -3.04. The molecule has 1 aromatic rings. The lowest BCUT2D eigenvalue weighted by molar-refractivity contribution is -0.137. The molecule has 1 aromatic carbocycles. The van der Waals surface area contributed by atoms with E-state index in [1.54, 1.807) is 0 Å². The van der Waals surface area contributed by atoms with E-state index in [-0.39, 0.29) is 35.4 Å². The van der Waals surface area contributed by atoms with Gasteiger partial charge in [0.25, 0.3) is 0 Å². The van der Waals surface area contributed by atoms with Crippen LogP contribution in [0, 0.1) is 13.8 Å². The van der Waals surface area contributed by atoms with Crippen molar-refractivity contribution in [1.82, 2.24) is 14.7 Å². The number of nitrogens with zero attached hydrogens (tertiary/aromatic N) is 3. The standard InChI is InChI=1S/C25H38N4O4S/c1-19-6-5-7-20(2)25(19)26-23(30)16-27-11-13-28(14-12-27)17-24(31)29(21-8-3-4-9-21)22-10-15-34(32,33)18-22/h5-7,21-22H,3-4,8-18H2,1-2H3,(H,26,30)/t22-/m1/s1. The summed E-state index contributed by atoms with van der Waals surface area (Å²) in [6.07, 6.45) is 4.73. The minimum absolute atomic E-state index is 0.0169. The predicted octanol–water partition coefficient (Wildman–Crippen LogP) is 1.82. The van der Waals surface area contributed by atoms with Crippen molar-refractivity contribution in [1.29, 1.82) is 0 Å². The van der Waals surface area contributed by atoms with E-state index in [0.29, 0.717) is 19.5 Å². The SMILES string of the molecule is Cc1cccc(C)c1NC(=O)CN1CCN(CC(=O)N(C2CCCC2)[C@@H]2CCS(=O)(=O)C2)CC1. The first-order chi connectivity index (χ1) is 16.2. The molecule has 2 aliphatic heterocycles. The number of nitrogens with one attached hydrogen (secondary N) is 1. The Morgan fingerprint density at radius 3 is 2.09 bits per heavy atom. The van der Waals surface area contributed by atoms with Gasteiger partial charge in [-0.15, -0.1) is 0 Å². The summed E-state index contributed by atoms with van der Waals surface area (Å²) >= 11 is 0. The fraction of sp³-hybridized carbons (Fsp3) is 0.680. The zero-order valence-corrected chi connectivity index (χ0v) is 21.3. The zero-order valence-electron chi connectivity index (χ0n) is 20.5. The molecule has 34 heavy (non-hydrogen) atoms. The third-order valence-corrected chi connectivity index (χ3v) is 9.29. The molecule has 1 saturated carbocycles. The van der Waals surface area contributed by atoms with E-state index < -0.39 is 9.84 Å². The van der Waals surface area contributed by atoms with Gasteiger partial charge in [0.05, 0.1) is 24.6 Å². The van der Waals surface area contributed by atoms with Gasteiger partial charge in [-0.1, -0.05) is 31.0 Å². The number of hydrogen-bond donors (Lipinski definition) is 1. The third kappa shape index (κ3) is 6.17. The number of para-hydroxylation sites is 1. The number of hydrogen-bond acceptors (Lipinski definition) is 6. The molecule has 4 rings (SSSR count). The average molecular weight is 491 g/mol. The Kier molecular flexibility index (Phi) is 7.94. The monoisotopic (exact) mass is 490 g/mol. The normalized spacial score (nSPS) is 23.8. The molecule has 2 saturated heterocycles.